The van der Waals surface area contributed by atoms with E-state index in [1.165, 1.54) is 11.8 Å². The Hall–Kier alpha value is -2.18. The van der Waals surface area contributed by atoms with Gasteiger partial charge in [0.15, 0.2) is 16.7 Å². The normalized spacial score (nSPS) is 10.9. The number of fused-ring (bicyclic) bond motifs is 1. The van der Waals surface area contributed by atoms with Crippen LogP contribution in [0.5, 0.6) is 11.5 Å². The highest BCUT2D eigenvalue weighted by Crippen LogP contribution is 2.31. The molecule has 0 aliphatic rings. The van der Waals surface area contributed by atoms with Crippen molar-refractivity contribution in [2.24, 2.45) is 0 Å². The number of methoxy groups -OCH3 is 2. The van der Waals surface area contributed by atoms with Gasteiger partial charge in [-0.3, -0.25) is 5.41 Å². The number of aromatic nitrogens is 2. The molecule has 1 N–H and O–H groups in total. The van der Waals surface area contributed by atoms with Crippen molar-refractivity contribution in [3.8, 4) is 11.5 Å². The second kappa shape index (κ2) is 7.37. The third kappa shape index (κ3) is 3.32. The number of nitrogens with zero attached hydrogens (tertiary/aromatic N) is 2. The molecule has 1 aromatic heterocycles. The number of rotatable bonds is 5. The number of hydrogen-bond donors (Lipinski definition) is 1. The number of halogens is 1. The summed E-state index contributed by atoms with van der Waals surface area (Å²) < 4.78 is 12.6. The van der Waals surface area contributed by atoms with Gasteiger partial charge in [0.25, 0.3) is 0 Å². The Bertz CT molecular complexity index is 988. The monoisotopic (exact) mass is 375 g/mol. The molecular weight excluding hydrogens is 358 g/mol. The summed E-state index contributed by atoms with van der Waals surface area (Å²) >= 11 is 7.78. The first kappa shape index (κ1) is 17.6. The van der Waals surface area contributed by atoms with Crippen LogP contribution in [-0.4, -0.2) is 30.0 Å². The van der Waals surface area contributed by atoms with E-state index in [4.69, 9.17) is 31.5 Å². The molecule has 0 bridgehead atoms. The molecule has 0 fully saturated rings. The Morgan fingerprint density at radius 3 is 2.48 bits per heavy atom. The third-order valence-corrected chi connectivity index (χ3v) is 4.99. The van der Waals surface area contributed by atoms with E-state index in [0.29, 0.717) is 39.5 Å². The highest BCUT2D eigenvalue weighted by atomic mass is 35.5. The van der Waals surface area contributed by atoms with E-state index >= 15 is 0 Å². The maximum absolute atomic E-state index is 8.67. The SMILES string of the molecule is COc1cc2nc(SC)n(Cc3ccccc3Cl)c(=N)c2cc1OC. The van der Waals surface area contributed by atoms with Crippen molar-refractivity contribution >= 4 is 34.3 Å². The Kier molecular flexibility index (Phi) is 5.20. The second-order valence-corrected chi connectivity index (χ2v) is 6.53. The van der Waals surface area contributed by atoms with Gasteiger partial charge in [-0.1, -0.05) is 41.6 Å². The van der Waals surface area contributed by atoms with Gasteiger partial charge in [0, 0.05) is 16.5 Å². The summed E-state index contributed by atoms with van der Waals surface area (Å²) in [4.78, 5) is 4.69. The second-order valence-electron chi connectivity index (χ2n) is 5.35. The zero-order valence-electron chi connectivity index (χ0n) is 14.2. The van der Waals surface area contributed by atoms with Gasteiger partial charge in [0.1, 0.15) is 5.49 Å². The van der Waals surface area contributed by atoms with Crippen LogP contribution in [0.1, 0.15) is 5.56 Å². The van der Waals surface area contributed by atoms with E-state index in [-0.39, 0.29) is 0 Å². The van der Waals surface area contributed by atoms with Crippen LogP contribution in [-0.2, 0) is 6.54 Å². The molecule has 0 saturated heterocycles. The molecule has 1 heterocycles. The molecule has 0 saturated carbocycles. The lowest BCUT2D eigenvalue weighted by molar-refractivity contribution is 0.355. The fraction of sp³-hybridized carbons (Fsp3) is 0.222. The molecule has 2 aromatic carbocycles. The van der Waals surface area contributed by atoms with Crippen molar-refractivity contribution in [2.75, 3.05) is 20.5 Å². The molecule has 3 aromatic rings. The quantitative estimate of drug-likeness (QED) is 0.541. The molecule has 25 heavy (non-hydrogen) atoms. The third-order valence-electron chi connectivity index (χ3n) is 3.94. The number of benzene rings is 2. The maximum atomic E-state index is 8.67. The van der Waals surface area contributed by atoms with E-state index in [1.807, 2.05) is 35.1 Å². The lowest BCUT2D eigenvalue weighted by atomic mass is 10.2. The van der Waals surface area contributed by atoms with Crippen LogP contribution in [0, 0.1) is 5.41 Å². The molecule has 0 amide bonds. The van der Waals surface area contributed by atoms with Crippen molar-refractivity contribution in [1.82, 2.24) is 9.55 Å². The molecule has 0 radical (unpaired) electrons. The van der Waals surface area contributed by atoms with Gasteiger partial charge in [-0.15, -0.1) is 0 Å². The Morgan fingerprint density at radius 1 is 1.16 bits per heavy atom. The van der Waals surface area contributed by atoms with Crippen LogP contribution in [0.3, 0.4) is 0 Å². The summed E-state index contributed by atoms with van der Waals surface area (Å²) in [5.74, 6) is 1.17. The van der Waals surface area contributed by atoms with Crippen molar-refractivity contribution in [3.63, 3.8) is 0 Å². The molecule has 0 aliphatic carbocycles. The molecule has 0 aliphatic heterocycles. The highest BCUT2D eigenvalue weighted by Gasteiger charge is 2.14. The zero-order chi connectivity index (χ0) is 18.0. The molecule has 0 unspecified atom stereocenters. The van der Waals surface area contributed by atoms with Crippen LogP contribution < -0.4 is 15.0 Å². The highest BCUT2D eigenvalue weighted by molar-refractivity contribution is 7.98. The number of ether oxygens (including phenoxy) is 2. The Balaban J connectivity index is 2.23. The molecular formula is C18H18ClN3O2S. The van der Waals surface area contributed by atoms with Crippen molar-refractivity contribution in [2.45, 2.75) is 11.7 Å². The van der Waals surface area contributed by atoms with Gasteiger partial charge in [-0.25, -0.2) is 4.98 Å². The predicted molar refractivity (Wildman–Crippen MR) is 101 cm³/mol. The van der Waals surface area contributed by atoms with Gasteiger partial charge in [-0.05, 0) is 24.0 Å². The van der Waals surface area contributed by atoms with Gasteiger partial charge in [-0.2, -0.15) is 0 Å². The first-order valence-corrected chi connectivity index (χ1v) is 9.18. The number of hydrogen-bond acceptors (Lipinski definition) is 5. The summed E-state index contributed by atoms with van der Waals surface area (Å²) in [6.07, 6.45) is 1.94. The van der Waals surface area contributed by atoms with Gasteiger partial charge in [0.2, 0.25) is 0 Å². The minimum Gasteiger partial charge on any atom is -0.493 e. The smallest absolute Gasteiger partial charge is 0.170 e. The van der Waals surface area contributed by atoms with Crippen LogP contribution in [0.15, 0.2) is 41.6 Å². The largest absolute Gasteiger partial charge is 0.493 e. The average molecular weight is 376 g/mol. The minimum atomic E-state index is 0.357. The number of thioether (sulfide) groups is 1. The molecule has 0 spiro atoms. The molecule has 5 nitrogen and oxygen atoms in total. The predicted octanol–water partition coefficient (Wildman–Crippen LogP) is 3.96. The first-order valence-electron chi connectivity index (χ1n) is 7.57. The summed E-state index contributed by atoms with van der Waals surface area (Å²) in [5, 5.41) is 10.8. The van der Waals surface area contributed by atoms with E-state index < -0.39 is 0 Å². The van der Waals surface area contributed by atoms with E-state index in [2.05, 4.69) is 0 Å². The number of nitrogens with one attached hydrogen (secondary N) is 1. The summed E-state index contributed by atoms with van der Waals surface area (Å²) in [5.41, 5.74) is 2.00. The van der Waals surface area contributed by atoms with Gasteiger partial charge in [0.05, 0.1) is 26.3 Å². The van der Waals surface area contributed by atoms with Crippen LogP contribution >= 0.6 is 23.4 Å². The van der Waals surface area contributed by atoms with Gasteiger partial charge >= 0.3 is 0 Å². The molecule has 130 valence electrons. The van der Waals surface area contributed by atoms with Crippen molar-refractivity contribution in [3.05, 3.63) is 52.5 Å². The average Bonchev–Trinajstić information content (AvgIpc) is 2.64. The molecule has 0 atom stereocenters. The fourth-order valence-corrected chi connectivity index (χ4v) is 3.42. The summed E-state index contributed by atoms with van der Waals surface area (Å²) in [6.45, 7) is 0.478. The molecule has 3 rings (SSSR count). The zero-order valence-corrected chi connectivity index (χ0v) is 15.7. The van der Waals surface area contributed by atoms with Crippen molar-refractivity contribution in [1.29, 1.82) is 5.41 Å². The van der Waals surface area contributed by atoms with E-state index in [1.54, 1.807) is 26.4 Å². The van der Waals surface area contributed by atoms with Crippen molar-refractivity contribution < 1.29 is 9.47 Å². The summed E-state index contributed by atoms with van der Waals surface area (Å²) in [6, 6.07) is 11.2. The standard InChI is InChI=1S/C18H18ClN3O2S/c1-23-15-8-12-14(9-16(15)24-2)21-18(25-3)22(17(12)20)10-11-6-4-5-7-13(11)19/h4-9,20H,10H2,1-3H3. The summed E-state index contributed by atoms with van der Waals surface area (Å²) in [7, 11) is 3.16. The van der Waals surface area contributed by atoms with Gasteiger partial charge < -0.3 is 14.0 Å². The topological polar surface area (TPSA) is 60.1 Å². The van der Waals surface area contributed by atoms with Crippen LogP contribution in [0.25, 0.3) is 10.9 Å². The minimum absolute atomic E-state index is 0.357. The Morgan fingerprint density at radius 2 is 1.84 bits per heavy atom. The van der Waals surface area contributed by atoms with Crippen LogP contribution in [0.4, 0.5) is 0 Å². The lowest BCUT2D eigenvalue weighted by Crippen LogP contribution is -2.24. The maximum Gasteiger partial charge on any atom is 0.170 e. The first-order chi connectivity index (χ1) is 12.1. The fourth-order valence-electron chi connectivity index (χ4n) is 2.65. The van der Waals surface area contributed by atoms with E-state index in [9.17, 15) is 0 Å². The Labute approximate surface area is 155 Å². The lowest BCUT2D eigenvalue weighted by Gasteiger charge is -2.16. The molecule has 7 heteroatoms. The van der Waals surface area contributed by atoms with E-state index in [0.717, 1.165) is 10.7 Å². The van der Waals surface area contributed by atoms with Crippen LogP contribution in [0.2, 0.25) is 5.02 Å².